The first-order valence-electron chi connectivity index (χ1n) is 2.85. The lowest BCUT2D eigenvalue weighted by molar-refractivity contribution is -0.0527. The third kappa shape index (κ3) is 5.43. The van der Waals surface area contributed by atoms with Gasteiger partial charge in [0.2, 0.25) is 5.88 Å². The van der Waals surface area contributed by atoms with Gasteiger partial charge < -0.3 is 10.5 Å². The molecule has 3 nitrogen and oxygen atoms in total. The zero-order valence-electron chi connectivity index (χ0n) is 6.31. The third-order valence-electron chi connectivity index (χ3n) is 0.969. The Hall–Kier alpha value is -0.810. The van der Waals surface area contributed by atoms with Gasteiger partial charge in [-0.25, -0.2) is 4.98 Å². The van der Waals surface area contributed by atoms with Crippen molar-refractivity contribution in [1.82, 2.24) is 4.98 Å². The average molecular weight is 233 g/mol. The van der Waals surface area contributed by atoms with Crippen LogP contribution in [0.4, 0.5) is 14.5 Å². The first-order valence-corrected chi connectivity index (χ1v) is 2.85. The SMILES string of the molecule is Cl.Cl.Nc1ccnc(OC(F)F)c1. The van der Waals surface area contributed by atoms with Crippen molar-refractivity contribution in [2.45, 2.75) is 6.61 Å². The molecular weight excluding hydrogens is 225 g/mol. The lowest BCUT2D eigenvalue weighted by Crippen LogP contribution is -2.03. The van der Waals surface area contributed by atoms with Crippen LogP contribution in [0.25, 0.3) is 0 Å². The molecule has 0 spiro atoms. The summed E-state index contributed by atoms with van der Waals surface area (Å²) < 4.78 is 27.1. The van der Waals surface area contributed by atoms with Gasteiger partial charge in [-0.05, 0) is 6.07 Å². The highest BCUT2D eigenvalue weighted by Crippen LogP contribution is 2.12. The molecule has 0 bridgehead atoms. The number of hydrogen-bond acceptors (Lipinski definition) is 3. The maximum Gasteiger partial charge on any atom is 0.388 e. The van der Waals surface area contributed by atoms with Gasteiger partial charge >= 0.3 is 6.61 Å². The number of nitrogens with zero attached hydrogens (tertiary/aromatic N) is 1. The predicted molar refractivity (Wildman–Crippen MR) is 49.8 cm³/mol. The second-order valence-electron chi connectivity index (χ2n) is 1.81. The second kappa shape index (κ2) is 6.68. The van der Waals surface area contributed by atoms with Crippen LogP contribution in [0.15, 0.2) is 18.3 Å². The van der Waals surface area contributed by atoms with Crippen LogP contribution in [-0.2, 0) is 0 Å². The minimum atomic E-state index is -2.86. The number of anilines is 1. The van der Waals surface area contributed by atoms with Crippen molar-refractivity contribution in [1.29, 1.82) is 0 Å². The van der Waals surface area contributed by atoms with E-state index in [1.807, 2.05) is 0 Å². The van der Waals surface area contributed by atoms with Crippen molar-refractivity contribution in [2.75, 3.05) is 5.73 Å². The molecule has 1 aromatic rings. The van der Waals surface area contributed by atoms with Crippen molar-refractivity contribution >= 4 is 30.5 Å². The maximum absolute atomic E-state index is 11.5. The van der Waals surface area contributed by atoms with Gasteiger partial charge in [0.05, 0.1) is 0 Å². The largest absolute Gasteiger partial charge is 0.417 e. The van der Waals surface area contributed by atoms with Gasteiger partial charge in [-0.15, -0.1) is 24.8 Å². The highest BCUT2D eigenvalue weighted by Gasteiger charge is 2.04. The summed E-state index contributed by atoms with van der Waals surface area (Å²) in [7, 11) is 0. The van der Waals surface area contributed by atoms with E-state index in [9.17, 15) is 8.78 Å². The average Bonchev–Trinajstić information content (AvgIpc) is 1.85. The summed E-state index contributed by atoms with van der Waals surface area (Å²) in [6.07, 6.45) is 1.30. The van der Waals surface area contributed by atoms with Gasteiger partial charge in [-0.3, -0.25) is 0 Å². The van der Waals surface area contributed by atoms with E-state index in [2.05, 4.69) is 9.72 Å². The summed E-state index contributed by atoms with van der Waals surface area (Å²) in [6, 6.07) is 2.71. The van der Waals surface area contributed by atoms with E-state index in [0.29, 0.717) is 5.69 Å². The van der Waals surface area contributed by atoms with Crippen molar-refractivity contribution in [3.8, 4) is 5.88 Å². The topological polar surface area (TPSA) is 48.1 Å². The minimum Gasteiger partial charge on any atom is -0.417 e. The molecule has 1 rings (SSSR count). The molecule has 0 amide bonds. The number of halogens is 4. The van der Waals surface area contributed by atoms with E-state index in [1.165, 1.54) is 18.3 Å². The van der Waals surface area contributed by atoms with E-state index in [0.717, 1.165) is 0 Å². The number of nitrogen functional groups attached to an aromatic ring is 1. The Kier molecular flexibility index (Phi) is 7.55. The van der Waals surface area contributed by atoms with Crippen LogP contribution in [0.3, 0.4) is 0 Å². The number of aromatic nitrogens is 1. The summed E-state index contributed by atoms with van der Waals surface area (Å²) in [5, 5.41) is 0. The Morgan fingerprint density at radius 1 is 1.38 bits per heavy atom. The summed E-state index contributed by atoms with van der Waals surface area (Å²) >= 11 is 0. The Labute approximate surface area is 86.1 Å². The lowest BCUT2D eigenvalue weighted by Gasteiger charge is -2.02. The second-order valence-corrected chi connectivity index (χ2v) is 1.81. The van der Waals surface area contributed by atoms with Crippen molar-refractivity contribution in [2.24, 2.45) is 0 Å². The highest BCUT2D eigenvalue weighted by atomic mass is 35.5. The van der Waals surface area contributed by atoms with Crippen LogP contribution < -0.4 is 10.5 Å². The van der Waals surface area contributed by atoms with E-state index in [-0.39, 0.29) is 30.7 Å². The van der Waals surface area contributed by atoms with Crippen LogP contribution in [-0.4, -0.2) is 11.6 Å². The number of rotatable bonds is 2. The summed E-state index contributed by atoms with van der Waals surface area (Å²) in [5.74, 6) is -0.167. The van der Waals surface area contributed by atoms with E-state index in [4.69, 9.17) is 5.73 Å². The monoisotopic (exact) mass is 232 g/mol. The van der Waals surface area contributed by atoms with Gasteiger partial charge in [-0.1, -0.05) is 0 Å². The maximum atomic E-state index is 11.5. The molecule has 0 fully saturated rings. The smallest absolute Gasteiger partial charge is 0.388 e. The lowest BCUT2D eigenvalue weighted by atomic mass is 10.4. The Bertz CT molecular complexity index is 250. The van der Waals surface area contributed by atoms with Crippen LogP contribution in [0.1, 0.15) is 0 Å². The summed E-state index contributed by atoms with van der Waals surface area (Å²) in [4.78, 5) is 3.50. The van der Waals surface area contributed by atoms with Gasteiger partial charge in [0.25, 0.3) is 0 Å². The molecule has 7 heteroatoms. The molecule has 0 unspecified atom stereocenters. The fraction of sp³-hybridized carbons (Fsp3) is 0.167. The molecule has 0 saturated carbocycles. The molecular formula is C6H8Cl2F2N2O. The number of nitrogens with two attached hydrogens (primary N) is 1. The Morgan fingerprint density at radius 2 is 2.00 bits per heavy atom. The van der Waals surface area contributed by atoms with Gasteiger partial charge in [0, 0.05) is 18.0 Å². The van der Waals surface area contributed by atoms with E-state index in [1.54, 1.807) is 0 Å². The van der Waals surface area contributed by atoms with Gasteiger partial charge in [0.15, 0.2) is 0 Å². The molecule has 76 valence electrons. The standard InChI is InChI=1S/C6H6F2N2O.2ClH/c7-6(8)11-5-3-4(9)1-2-10-5;;/h1-3,6H,(H2,9,10);2*1H. The molecule has 1 heterocycles. The van der Waals surface area contributed by atoms with Crippen molar-refractivity contribution < 1.29 is 13.5 Å². The molecule has 0 aromatic carbocycles. The van der Waals surface area contributed by atoms with Crippen molar-refractivity contribution in [3.63, 3.8) is 0 Å². The molecule has 1 aromatic heterocycles. The Morgan fingerprint density at radius 3 is 2.46 bits per heavy atom. The zero-order valence-corrected chi connectivity index (χ0v) is 7.95. The quantitative estimate of drug-likeness (QED) is 0.850. The van der Waals surface area contributed by atoms with E-state index < -0.39 is 6.61 Å². The third-order valence-corrected chi connectivity index (χ3v) is 0.969. The van der Waals surface area contributed by atoms with Crippen LogP contribution in [0.2, 0.25) is 0 Å². The van der Waals surface area contributed by atoms with Crippen molar-refractivity contribution in [3.05, 3.63) is 18.3 Å². The first-order chi connectivity index (χ1) is 5.18. The van der Waals surface area contributed by atoms with Crippen LogP contribution >= 0.6 is 24.8 Å². The zero-order chi connectivity index (χ0) is 8.27. The van der Waals surface area contributed by atoms with Crippen LogP contribution in [0, 0.1) is 0 Å². The molecule has 0 aliphatic carbocycles. The number of pyridine rings is 1. The first kappa shape index (κ1) is 14.7. The molecule has 2 N–H and O–H groups in total. The number of hydrogen-bond donors (Lipinski definition) is 1. The molecule has 0 radical (unpaired) electrons. The normalized spacial score (nSPS) is 8.54. The number of alkyl halides is 2. The fourth-order valence-corrected chi connectivity index (χ4v) is 0.580. The minimum absolute atomic E-state index is 0. The fourth-order valence-electron chi connectivity index (χ4n) is 0.580. The molecule has 0 aliphatic rings. The van der Waals surface area contributed by atoms with Gasteiger partial charge in [0.1, 0.15) is 0 Å². The number of ether oxygens (including phenoxy) is 1. The molecule has 0 saturated heterocycles. The summed E-state index contributed by atoms with van der Waals surface area (Å²) in [5.41, 5.74) is 5.61. The van der Waals surface area contributed by atoms with Crippen LogP contribution in [0.5, 0.6) is 5.88 Å². The molecule has 0 aliphatic heterocycles. The van der Waals surface area contributed by atoms with Gasteiger partial charge in [-0.2, -0.15) is 8.78 Å². The predicted octanol–water partition coefficient (Wildman–Crippen LogP) is 2.11. The Balaban J connectivity index is 0. The molecule has 0 atom stereocenters. The summed E-state index contributed by atoms with van der Waals surface area (Å²) in [6.45, 7) is -2.86. The highest BCUT2D eigenvalue weighted by molar-refractivity contribution is 5.85. The molecule has 13 heavy (non-hydrogen) atoms. The van der Waals surface area contributed by atoms with E-state index >= 15 is 0 Å².